The number of thiazole rings is 1. The lowest BCUT2D eigenvalue weighted by molar-refractivity contribution is -0.127. The molecule has 4 rings (SSSR count). The predicted octanol–water partition coefficient (Wildman–Crippen LogP) is 2.39. The van der Waals surface area contributed by atoms with E-state index in [4.69, 9.17) is 10.2 Å². The number of carbonyl (C=O) groups is 1. The molecular formula is C16H19N3O2S. The second-order valence-electron chi connectivity index (χ2n) is 6.28. The minimum atomic E-state index is -0.0121. The summed E-state index contributed by atoms with van der Waals surface area (Å²) >= 11 is 1.52. The molecule has 0 spiro atoms. The van der Waals surface area contributed by atoms with Gasteiger partial charge in [-0.1, -0.05) is 0 Å². The highest BCUT2D eigenvalue weighted by atomic mass is 32.1. The highest BCUT2D eigenvalue weighted by Crippen LogP contribution is 2.47. The van der Waals surface area contributed by atoms with Crippen LogP contribution in [0.4, 0.5) is 0 Å². The minimum Gasteiger partial charge on any atom is -0.462 e. The predicted molar refractivity (Wildman–Crippen MR) is 84.0 cm³/mol. The first kappa shape index (κ1) is 14.0. The SMILES string of the molecule is NC1C2CCC(C2)C1C(=O)NCc1csc(-c2ccco2)n1. The van der Waals surface area contributed by atoms with E-state index in [9.17, 15) is 4.79 Å². The van der Waals surface area contributed by atoms with Crippen molar-refractivity contribution in [2.75, 3.05) is 0 Å². The summed E-state index contributed by atoms with van der Waals surface area (Å²) in [7, 11) is 0. The van der Waals surface area contributed by atoms with E-state index < -0.39 is 0 Å². The largest absolute Gasteiger partial charge is 0.462 e. The van der Waals surface area contributed by atoms with E-state index in [0.717, 1.165) is 29.3 Å². The maximum Gasteiger partial charge on any atom is 0.225 e. The topological polar surface area (TPSA) is 81.2 Å². The molecule has 0 radical (unpaired) electrons. The third-order valence-corrected chi connectivity index (χ3v) is 5.92. The molecule has 1 amide bonds. The second kappa shape index (κ2) is 5.52. The maximum atomic E-state index is 12.4. The number of rotatable bonds is 4. The molecule has 5 nitrogen and oxygen atoms in total. The first-order chi connectivity index (χ1) is 10.7. The van der Waals surface area contributed by atoms with E-state index in [1.165, 1.54) is 17.8 Å². The number of nitrogens with one attached hydrogen (secondary N) is 1. The lowest BCUT2D eigenvalue weighted by atomic mass is 9.84. The molecule has 0 saturated heterocycles. The molecule has 0 aromatic carbocycles. The molecule has 0 aliphatic heterocycles. The molecule has 2 heterocycles. The summed E-state index contributed by atoms with van der Waals surface area (Å²) in [6, 6.07) is 3.76. The monoisotopic (exact) mass is 317 g/mol. The molecular weight excluding hydrogens is 298 g/mol. The van der Waals surface area contributed by atoms with Crippen LogP contribution in [-0.2, 0) is 11.3 Å². The Kier molecular flexibility index (Phi) is 3.50. The van der Waals surface area contributed by atoms with Crippen LogP contribution in [0, 0.1) is 17.8 Å². The number of nitrogens with two attached hydrogens (primary N) is 1. The summed E-state index contributed by atoms with van der Waals surface area (Å²) in [4.78, 5) is 16.9. The van der Waals surface area contributed by atoms with Crippen LogP contribution >= 0.6 is 11.3 Å². The van der Waals surface area contributed by atoms with Crippen molar-refractivity contribution in [1.82, 2.24) is 10.3 Å². The van der Waals surface area contributed by atoms with Crippen molar-refractivity contribution >= 4 is 17.2 Å². The number of furan rings is 1. The average molecular weight is 317 g/mol. The molecule has 3 N–H and O–H groups in total. The number of amides is 1. The van der Waals surface area contributed by atoms with E-state index in [1.807, 2.05) is 17.5 Å². The number of fused-ring (bicyclic) bond motifs is 2. The van der Waals surface area contributed by atoms with Crippen molar-refractivity contribution in [2.45, 2.75) is 31.8 Å². The zero-order chi connectivity index (χ0) is 15.1. The number of hydrogen-bond donors (Lipinski definition) is 2. The van der Waals surface area contributed by atoms with Gasteiger partial charge in [-0.15, -0.1) is 11.3 Å². The first-order valence-corrected chi connectivity index (χ1v) is 8.62. The van der Waals surface area contributed by atoms with Crippen molar-refractivity contribution in [3.63, 3.8) is 0 Å². The van der Waals surface area contributed by atoms with Crippen molar-refractivity contribution < 1.29 is 9.21 Å². The molecule has 2 aliphatic rings. The maximum absolute atomic E-state index is 12.4. The zero-order valence-corrected chi connectivity index (χ0v) is 13.0. The van der Waals surface area contributed by atoms with Gasteiger partial charge in [-0.3, -0.25) is 4.79 Å². The normalized spacial score (nSPS) is 29.9. The minimum absolute atomic E-state index is 0.0121. The van der Waals surface area contributed by atoms with Crippen LogP contribution in [0.5, 0.6) is 0 Å². The van der Waals surface area contributed by atoms with Crippen molar-refractivity contribution in [3.8, 4) is 10.8 Å². The van der Waals surface area contributed by atoms with E-state index in [2.05, 4.69) is 10.3 Å². The van der Waals surface area contributed by atoms with E-state index >= 15 is 0 Å². The van der Waals surface area contributed by atoms with Crippen molar-refractivity contribution in [1.29, 1.82) is 0 Å². The van der Waals surface area contributed by atoms with Gasteiger partial charge in [0, 0.05) is 11.4 Å². The van der Waals surface area contributed by atoms with Gasteiger partial charge in [0.2, 0.25) is 5.91 Å². The molecule has 2 aromatic rings. The second-order valence-corrected chi connectivity index (χ2v) is 7.13. The molecule has 6 heteroatoms. The Morgan fingerprint density at radius 1 is 1.45 bits per heavy atom. The summed E-state index contributed by atoms with van der Waals surface area (Å²) in [6.45, 7) is 0.455. The fraction of sp³-hybridized carbons (Fsp3) is 0.500. The van der Waals surface area contributed by atoms with E-state index in [0.29, 0.717) is 18.4 Å². The zero-order valence-electron chi connectivity index (χ0n) is 12.2. The number of carbonyl (C=O) groups excluding carboxylic acids is 1. The summed E-state index contributed by atoms with van der Waals surface area (Å²) < 4.78 is 5.33. The van der Waals surface area contributed by atoms with Gasteiger partial charge in [0.25, 0.3) is 0 Å². The first-order valence-electron chi connectivity index (χ1n) is 7.74. The van der Waals surface area contributed by atoms with Crippen LogP contribution in [0.2, 0.25) is 0 Å². The molecule has 2 bridgehead atoms. The van der Waals surface area contributed by atoms with Crippen LogP contribution in [0.3, 0.4) is 0 Å². The Labute approximate surface area is 132 Å². The Bertz CT molecular complexity index is 665. The highest BCUT2D eigenvalue weighted by molar-refractivity contribution is 7.13. The Morgan fingerprint density at radius 2 is 2.32 bits per heavy atom. The Hall–Kier alpha value is -1.66. The molecule has 22 heavy (non-hydrogen) atoms. The van der Waals surface area contributed by atoms with Gasteiger partial charge in [-0.25, -0.2) is 4.98 Å². The van der Waals surface area contributed by atoms with Gasteiger partial charge in [-0.05, 0) is 43.2 Å². The molecule has 116 valence electrons. The summed E-state index contributed by atoms with van der Waals surface area (Å²) in [6.07, 6.45) is 5.09. The average Bonchev–Trinajstić information content (AvgIpc) is 3.26. The molecule has 4 unspecified atom stereocenters. The van der Waals surface area contributed by atoms with Crippen molar-refractivity contribution in [3.05, 3.63) is 29.5 Å². The lowest BCUT2D eigenvalue weighted by Gasteiger charge is -2.26. The Balaban J connectivity index is 1.38. The van der Waals surface area contributed by atoms with Crippen LogP contribution in [0.1, 0.15) is 25.0 Å². The molecule has 2 aromatic heterocycles. The van der Waals surface area contributed by atoms with Crippen LogP contribution in [-0.4, -0.2) is 16.9 Å². The smallest absolute Gasteiger partial charge is 0.225 e. The van der Waals surface area contributed by atoms with Gasteiger partial charge in [0.1, 0.15) is 0 Å². The van der Waals surface area contributed by atoms with Crippen LogP contribution < -0.4 is 11.1 Å². The fourth-order valence-corrected chi connectivity index (χ4v) is 4.71. The quantitative estimate of drug-likeness (QED) is 0.907. The van der Waals surface area contributed by atoms with Crippen molar-refractivity contribution in [2.24, 2.45) is 23.5 Å². The van der Waals surface area contributed by atoms with Gasteiger partial charge in [-0.2, -0.15) is 0 Å². The third kappa shape index (κ3) is 2.36. The summed E-state index contributed by atoms with van der Waals surface area (Å²) in [5, 5.41) is 5.81. The number of aromatic nitrogens is 1. The summed E-state index contributed by atoms with van der Waals surface area (Å²) in [5.74, 6) is 1.87. The van der Waals surface area contributed by atoms with E-state index in [-0.39, 0.29) is 17.9 Å². The van der Waals surface area contributed by atoms with E-state index in [1.54, 1.807) is 6.26 Å². The summed E-state index contributed by atoms with van der Waals surface area (Å²) in [5.41, 5.74) is 7.08. The number of nitrogens with zero attached hydrogens (tertiary/aromatic N) is 1. The Morgan fingerprint density at radius 3 is 3.05 bits per heavy atom. The molecule has 2 saturated carbocycles. The lowest BCUT2D eigenvalue weighted by Crippen LogP contribution is -2.45. The van der Waals surface area contributed by atoms with Gasteiger partial charge < -0.3 is 15.5 Å². The number of hydrogen-bond acceptors (Lipinski definition) is 5. The fourth-order valence-electron chi connectivity index (χ4n) is 3.92. The van der Waals surface area contributed by atoms with Crippen LogP contribution in [0.15, 0.2) is 28.2 Å². The van der Waals surface area contributed by atoms with Gasteiger partial charge in [0.15, 0.2) is 10.8 Å². The molecule has 2 fully saturated rings. The standard InChI is InChI=1S/C16H19N3O2S/c17-14-10-4-3-9(6-10)13(14)15(20)18-7-11-8-22-16(19-11)12-2-1-5-21-12/h1-2,5,8-10,13-14H,3-4,6-7,17H2,(H,18,20). The highest BCUT2D eigenvalue weighted by Gasteiger charge is 2.48. The molecule has 2 aliphatic carbocycles. The third-order valence-electron chi connectivity index (χ3n) is 5.01. The van der Waals surface area contributed by atoms with Gasteiger partial charge in [0.05, 0.1) is 24.4 Å². The van der Waals surface area contributed by atoms with Gasteiger partial charge >= 0.3 is 0 Å². The molecule has 4 atom stereocenters. The van der Waals surface area contributed by atoms with Crippen LogP contribution in [0.25, 0.3) is 10.8 Å².